The molecule has 1 heterocycles. The van der Waals surface area contributed by atoms with Gasteiger partial charge in [0.2, 0.25) is 5.90 Å². The van der Waals surface area contributed by atoms with Crippen molar-refractivity contribution in [2.24, 2.45) is 0 Å². The SMILES string of the molecule is CCOC(=N)c1nnn(Cc2ccccc2)c1N. The van der Waals surface area contributed by atoms with Gasteiger partial charge in [-0.25, -0.2) is 4.68 Å². The maximum Gasteiger partial charge on any atom is 0.238 e. The topological polar surface area (TPSA) is 89.8 Å². The summed E-state index contributed by atoms with van der Waals surface area (Å²) in [6.07, 6.45) is 0. The number of rotatable bonds is 4. The van der Waals surface area contributed by atoms with E-state index in [-0.39, 0.29) is 11.6 Å². The number of ether oxygens (including phenoxy) is 1. The Bertz CT molecular complexity index is 535. The van der Waals surface area contributed by atoms with E-state index in [1.807, 2.05) is 30.3 Å². The maximum atomic E-state index is 7.65. The molecule has 2 rings (SSSR count). The van der Waals surface area contributed by atoms with Gasteiger partial charge in [0.25, 0.3) is 0 Å². The second-order valence-electron chi connectivity index (χ2n) is 3.73. The quantitative estimate of drug-likeness (QED) is 0.627. The molecule has 0 bridgehead atoms. The van der Waals surface area contributed by atoms with Gasteiger partial charge in [-0.05, 0) is 12.5 Å². The first kappa shape index (κ1) is 12.1. The third-order valence-corrected chi connectivity index (χ3v) is 2.45. The van der Waals surface area contributed by atoms with Crippen LogP contribution < -0.4 is 5.73 Å². The first-order valence-electron chi connectivity index (χ1n) is 5.67. The molecule has 0 saturated heterocycles. The minimum atomic E-state index is -0.0469. The fourth-order valence-electron chi connectivity index (χ4n) is 1.57. The number of benzene rings is 1. The Kier molecular flexibility index (Phi) is 3.57. The molecule has 0 atom stereocenters. The summed E-state index contributed by atoms with van der Waals surface area (Å²) in [5, 5.41) is 15.4. The summed E-state index contributed by atoms with van der Waals surface area (Å²) in [5.74, 6) is 0.298. The highest BCUT2D eigenvalue weighted by Crippen LogP contribution is 2.11. The first-order chi connectivity index (χ1) is 8.72. The van der Waals surface area contributed by atoms with E-state index in [4.69, 9.17) is 15.9 Å². The van der Waals surface area contributed by atoms with Gasteiger partial charge in [0.05, 0.1) is 13.2 Å². The molecule has 2 aromatic rings. The fraction of sp³-hybridized carbons (Fsp3) is 0.250. The van der Waals surface area contributed by atoms with Gasteiger partial charge >= 0.3 is 0 Å². The molecule has 3 N–H and O–H groups in total. The first-order valence-corrected chi connectivity index (χ1v) is 5.67. The summed E-state index contributed by atoms with van der Waals surface area (Å²) in [4.78, 5) is 0. The zero-order valence-corrected chi connectivity index (χ0v) is 10.1. The maximum absolute atomic E-state index is 7.65. The summed E-state index contributed by atoms with van der Waals surface area (Å²) in [7, 11) is 0. The Morgan fingerprint density at radius 1 is 1.39 bits per heavy atom. The number of nitrogens with two attached hydrogens (primary N) is 1. The predicted molar refractivity (Wildman–Crippen MR) is 68.4 cm³/mol. The number of nitrogens with one attached hydrogen (secondary N) is 1. The Balaban J connectivity index is 2.18. The van der Waals surface area contributed by atoms with Crippen LogP contribution in [0.4, 0.5) is 5.82 Å². The molecule has 1 aromatic heterocycles. The van der Waals surface area contributed by atoms with Gasteiger partial charge in [-0.1, -0.05) is 35.5 Å². The van der Waals surface area contributed by atoms with Gasteiger partial charge in [-0.15, -0.1) is 5.10 Å². The molecule has 0 aliphatic rings. The van der Waals surface area contributed by atoms with Gasteiger partial charge in [0.1, 0.15) is 0 Å². The number of nitrogen functional groups attached to an aromatic ring is 1. The molecule has 18 heavy (non-hydrogen) atoms. The van der Waals surface area contributed by atoms with E-state index in [1.165, 1.54) is 0 Å². The lowest BCUT2D eigenvalue weighted by atomic mass is 10.2. The lowest BCUT2D eigenvalue weighted by molar-refractivity contribution is 0.324. The Hall–Kier alpha value is -2.37. The van der Waals surface area contributed by atoms with Gasteiger partial charge in [-0.2, -0.15) is 0 Å². The van der Waals surface area contributed by atoms with Gasteiger partial charge in [-0.3, -0.25) is 5.41 Å². The van der Waals surface area contributed by atoms with Crippen molar-refractivity contribution in [2.75, 3.05) is 12.3 Å². The minimum absolute atomic E-state index is 0.0469. The molecule has 0 amide bonds. The van der Waals surface area contributed by atoms with E-state index in [9.17, 15) is 0 Å². The van der Waals surface area contributed by atoms with E-state index >= 15 is 0 Å². The van der Waals surface area contributed by atoms with Crippen molar-refractivity contribution in [3.05, 3.63) is 41.6 Å². The summed E-state index contributed by atoms with van der Waals surface area (Å²) >= 11 is 0. The van der Waals surface area contributed by atoms with E-state index in [0.717, 1.165) is 5.56 Å². The smallest absolute Gasteiger partial charge is 0.238 e. The highest BCUT2D eigenvalue weighted by atomic mass is 16.5. The number of hydrogen-bond donors (Lipinski definition) is 2. The molecule has 0 fully saturated rings. The Morgan fingerprint density at radius 3 is 2.78 bits per heavy atom. The predicted octanol–water partition coefficient (Wildman–Crippen LogP) is 1.27. The molecule has 0 unspecified atom stereocenters. The Morgan fingerprint density at radius 2 is 2.11 bits per heavy atom. The molecule has 1 aromatic carbocycles. The standard InChI is InChI=1S/C12H15N5O/c1-2-18-12(14)10-11(13)17(16-15-10)8-9-6-4-3-5-7-9/h3-7,14H,2,8,13H2,1H3. The monoisotopic (exact) mass is 245 g/mol. The van der Waals surface area contributed by atoms with E-state index in [1.54, 1.807) is 11.6 Å². The second-order valence-corrected chi connectivity index (χ2v) is 3.73. The Labute approximate surface area is 105 Å². The van der Waals surface area contributed by atoms with Crippen molar-refractivity contribution in [1.29, 1.82) is 5.41 Å². The third kappa shape index (κ3) is 2.48. The van der Waals surface area contributed by atoms with Crippen LogP contribution in [0.2, 0.25) is 0 Å². The molecule has 6 heteroatoms. The molecular weight excluding hydrogens is 230 g/mol. The summed E-state index contributed by atoms with van der Waals surface area (Å²) < 4.78 is 6.61. The lowest BCUT2D eigenvalue weighted by Crippen LogP contribution is -2.10. The minimum Gasteiger partial charge on any atom is -0.477 e. The molecule has 6 nitrogen and oxygen atoms in total. The van der Waals surface area contributed by atoms with Gasteiger partial charge in [0.15, 0.2) is 11.5 Å². The van der Waals surface area contributed by atoms with Crippen LogP contribution in [0, 0.1) is 5.41 Å². The highest BCUT2D eigenvalue weighted by molar-refractivity contribution is 5.93. The normalized spacial score (nSPS) is 10.3. The number of anilines is 1. The average molecular weight is 245 g/mol. The van der Waals surface area contributed by atoms with Gasteiger partial charge < -0.3 is 10.5 Å². The average Bonchev–Trinajstić information content (AvgIpc) is 2.73. The van der Waals surface area contributed by atoms with Crippen molar-refractivity contribution in [2.45, 2.75) is 13.5 Å². The molecule has 0 aliphatic carbocycles. The van der Waals surface area contributed by atoms with Crippen LogP contribution in [0.5, 0.6) is 0 Å². The van der Waals surface area contributed by atoms with Crippen LogP contribution in [0.25, 0.3) is 0 Å². The van der Waals surface area contributed by atoms with E-state index < -0.39 is 0 Å². The zero-order valence-electron chi connectivity index (χ0n) is 10.1. The molecule has 0 saturated carbocycles. The summed E-state index contributed by atoms with van der Waals surface area (Å²) in [5.41, 5.74) is 7.26. The van der Waals surface area contributed by atoms with E-state index in [2.05, 4.69) is 10.3 Å². The van der Waals surface area contributed by atoms with Crippen LogP contribution in [0.3, 0.4) is 0 Å². The van der Waals surface area contributed by atoms with Crippen LogP contribution in [0.15, 0.2) is 30.3 Å². The van der Waals surface area contributed by atoms with Crippen molar-refractivity contribution in [3.63, 3.8) is 0 Å². The lowest BCUT2D eigenvalue weighted by Gasteiger charge is -2.04. The largest absolute Gasteiger partial charge is 0.477 e. The van der Waals surface area contributed by atoms with Crippen LogP contribution in [-0.4, -0.2) is 27.5 Å². The van der Waals surface area contributed by atoms with Crippen molar-refractivity contribution < 1.29 is 4.74 Å². The molecule has 0 radical (unpaired) electrons. The van der Waals surface area contributed by atoms with Crippen molar-refractivity contribution in [1.82, 2.24) is 15.0 Å². The number of aromatic nitrogens is 3. The van der Waals surface area contributed by atoms with Crippen LogP contribution in [0.1, 0.15) is 18.2 Å². The zero-order chi connectivity index (χ0) is 13.0. The number of nitrogens with zero attached hydrogens (tertiary/aromatic N) is 3. The molecular formula is C12H15N5O. The number of hydrogen-bond acceptors (Lipinski definition) is 5. The van der Waals surface area contributed by atoms with Gasteiger partial charge in [0, 0.05) is 0 Å². The molecule has 0 spiro atoms. The van der Waals surface area contributed by atoms with Crippen LogP contribution >= 0.6 is 0 Å². The van der Waals surface area contributed by atoms with Crippen molar-refractivity contribution in [3.8, 4) is 0 Å². The fourth-order valence-corrected chi connectivity index (χ4v) is 1.57. The van der Waals surface area contributed by atoms with Crippen molar-refractivity contribution >= 4 is 11.7 Å². The third-order valence-electron chi connectivity index (χ3n) is 2.45. The van der Waals surface area contributed by atoms with Crippen LogP contribution in [-0.2, 0) is 11.3 Å². The summed E-state index contributed by atoms with van der Waals surface area (Å²) in [6.45, 7) is 2.74. The van der Waals surface area contributed by atoms with E-state index in [0.29, 0.717) is 19.0 Å². The molecule has 94 valence electrons. The second kappa shape index (κ2) is 5.31. The summed E-state index contributed by atoms with van der Waals surface area (Å²) in [6, 6.07) is 9.81. The highest BCUT2D eigenvalue weighted by Gasteiger charge is 2.15. The molecule has 0 aliphatic heterocycles.